The van der Waals surface area contributed by atoms with E-state index in [1.54, 1.807) is 30.3 Å². The molecule has 0 aromatic heterocycles. The smallest absolute Gasteiger partial charge is 0.359 e. The van der Waals surface area contributed by atoms with Gasteiger partial charge in [-0.15, -0.1) is 0 Å². The Morgan fingerprint density at radius 3 is 2.34 bits per heavy atom. The lowest BCUT2D eigenvalue weighted by Gasteiger charge is -2.36. The Morgan fingerprint density at radius 1 is 1.00 bits per heavy atom. The summed E-state index contributed by atoms with van der Waals surface area (Å²) >= 11 is 0. The van der Waals surface area contributed by atoms with Crippen LogP contribution in [-0.2, 0) is 9.53 Å². The van der Waals surface area contributed by atoms with Gasteiger partial charge in [-0.05, 0) is 53.5 Å². The van der Waals surface area contributed by atoms with Gasteiger partial charge in [-0.25, -0.2) is 10.2 Å². The predicted molar refractivity (Wildman–Crippen MR) is 137 cm³/mol. The van der Waals surface area contributed by atoms with E-state index in [1.807, 2.05) is 30.3 Å². The topological polar surface area (TPSA) is 88.0 Å². The van der Waals surface area contributed by atoms with Gasteiger partial charge in [0.1, 0.15) is 11.9 Å². The molecule has 0 spiro atoms. The van der Waals surface area contributed by atoms with Crippen LogP contribution in [0.1, 0.15) is 56.0 Å². The molecular weight excluding hydrogens is 440 g/mol. The molecule has 0 aliphatic heterocycles. The number of nitrogens with one attached hydrogen (secondary N) is 1. The minimum absolute atomic E-state index is 0.0277. The van der Waals surface area contributed by atoms with E-state index in [1.165, 1.54) is 6.07 Å². The summed E-state index contributed by atoms with van der Waals surface area (Å²) in [6, 6.07) is 19.5. The molecule has 1 aliphatic carbocycles. The van der Waals surface area contributed by atoms with Crippen molar-refractivity contribution in [2.75, 3.05) is 0 Å². The molecule has 6 nitrogen and oxygen atoms in total. The van der Waals surface area contributed by atoms with Gasteiger partial charge in [0.25, 0.3) is 5.91 Å². The largest absolute Gasteiger partial charge is 0.507 e. The van der Waals surface area contributed by atoms with Crippen molar-refractivity contribution in [1.29, 1.82) is 0 Å². The standard InChI is InChI=1S/C29H32N2O4/c1-18(2)23-14-13-19(3)15-26(23)35-29(34)27(20-9-5-4-6-10-20)30-31-28(33)24-16-21-11-7-8-12-22(21)17-25(24)32/h4-12,16-19,23,26,32H,13-15H2,1-3H3,(H,31,33). The van der Waals surface area contributed by atoms with Crippen LogP contribution in [0.4, 0.5) is 0 Å². The summed E-state index contributed by atoms with van der Waals surface area (Å²) in [5.74, 6) is -0.166. The van der Waals surface area contributed by atoms with Gasteiger partial charge < -0.3 is 9.84 Å². The Morgan fingerprint density at radius 2 is 1.66 bits per heavy atom. The number of nitrogens with zero attached hydrogens (tertiary/aromatic N) is 1. The molecular formula is C29H32N2O4. The lowest BCUT2D eigenvalue weighted by atomic mass is 9.75. The van der Waals surface area contributed by atoms with E-state index in [0.29, 0.717) is 17.4 Å². The number of carbonyl (C=O) groups excluding carboxylic acids is 2. The number of hydrogen-bond acceptors (Lipinski definition) is 5. The first kappa shape index (κ1) is 24.5. The number of phenols is 1. The normalized spacial score (nSPS) is 20.6. The second-order valence-corrected chi connectivity index (χ2v) is 9.75. The fourth-order valence-corrected chi connectivity index (χ4v) is 4.84. The average Bonchev–Trinajstić information content (AvgIpc) is 2.84. The molecule has 6 heteroatoms. The minimum atomic E-state index is -0.610. The highest BCUT2D eigenvalue weighted by molar-refractivity contribution is 6.43. The molecule has 1 saturated carbocycles. The van der Waals surface area contributed by atoms with E-state index in [4.69, 9.17) is 4.74 Å². The van der Waals surface area contributed by atoms with Crippen LogP contribution in [0.3, 0.4) is 0 Å². The zero-order valence-corrected chi connectivity index (χ0v) is 20.4. The number of hydrogen-bond donors (Lipinski definition) is 2. The molecule has 0 saturated heterocycles. The van der Waals surface area contributed by atoms with Gasteiger partial charge in [0.15, 0.2) is 5.71 Å². The Kier molecular flexibility index (Phi) is 7.49. The molecule has 3 atom stereocenters. The van der Waals surface area contributed by atoms with Gasteiger partial charge in [0.2, 0.25) is 0 Å². The maximum Gasteiger partial charge on any atom is 0.359 e. The van der Waals surface area contributed by atoms with Crippen molar-refractivity contribution in [1.82, 2.24) is 5.43 Å². The molecule has 3 aromatic carbocycles. The number of aromatic hydroxyl groups is 1. The maximum absolute atomic E-state index is 13.3. The number of fused-ring (bicyclic) bond motifs is 1. The number of esters is 1. The quantitative estimate of drug-likeness (QED) is 0.274. The molecule has 0 bridgehead atoms. The Bertz CT molecular complexity index is 1240. The third-order valence-corrected chi connectivity index (χ3v) is 6.84. The van der Waals surface area contributed by atoms with E-state index in [2.05, 4.69) is 31.3 Å². The van der Waals surface area contributed by atoms with Crippen LogP contribution in [0.15, 0.2) is 71.8 Å². The summed E-state index contributed by atoms with van der Waals surface area (Å²) in [5, 5.41) is 16.2. The highest BCUT2D eigenvalue weighted by atomic mass is 16.5. The third-order valence-electron chi connectivity index (χ3n) is 6.84. The van der Waals surface area contributed by atoms with Gasteiger partial charge in [-0.1, -0.05) is 81.8 Å². The average molecular weight is 473 g/mol. The molecule has 35 heavy (non-hydrogen) atoms. The first-order valence-electron chi connectivity index (χ1n) is 12.2. The molecule has 1 amide bonds. The molecule has 4 rings (SSSR count). The fourth-order valence-electron chi connectivity index (χ4n) is 4.84. The first-order chi connectivity index (χ1) is 16.8. The summed E-state index contributed by atoms with van der Waals surface area (Å²) in [6.07, 6.45) is 2.77. The van der Waals surface area contributed by atoms with Crippen molar-refractivity contribution < 1.29 is 19.4 Å². The number of carbonyl (C=O) groups is 2. The second-order valence-electron chi connectivity index (χ2n) is 9.75. The fraction of sp³-hybridized carbons (Fsp3) is 0.345. The highest BCUT2D eigenvalue weighted by Crippen LogP contribution is 2.35. The number of hydrazone groups is 1. The van der Waals surface area contributed by atoms with Crippen LogP contribution in [0.2, 0.25) is 0 Å². The van der Waals surface area contributed by atoms with Crippen LogP contribution in [0.25, 0.3) is 10.8 Å². The zero-order valence-electron chi connectivity index (χ0n) is 20.4. The highest BCUT2D eigenvalue weighted by Gasteiger charge is 2.34. The maximum atomic E-state index is 13.3. The van der Waals surface area contributed by atoms with Crippen molar-refractivity contribution >= 4 is 28.4 Å². The number of benzene rings is 3. The Hall–Kier alpha value is -3.67. The number of phenolic OH excluding ortho intramolecular Hbond substituents is 1. The van der Waals surface area contributed by atoms with Gasteiger partial charge in [-0.3, -0.25) is 4.79 Å². The third kappa shape index (κ3) is 5.70. The summed E-state index contributed by atoms with van der Waals surface area (Å²) in [5.41, 5.74) is 3.10. The summed E-state index contributed by atoms with van der Waals surface area (Å²) < 4.78 is 6.00. The lowest BCUT2D eigenvalue weighted by Crippen LogP contribution is -2.38. The monoisotopic (exact) mass is 472 g/mol. The van der Waals surface area contributed by atoms with Gasteiger partial charge >= 0.3 is 5.97 Å². The van der Waals surface area contributed by atoms with Crippen LogP contribution in [0.5, 0.6) is 5.75 Å². The second kappa shape index (κ2) is 10.7. The molecule has 182 valence electrons. The lowest BCUT2D eigenvalue weighted by molar-refractivity contribution is -0.147. The molecule has 2 N–H and O–H groups in total. The van der Waals surface area contributed by atoms with E-state index in [9.17, 15) is 14.7 Å². The zero-order chi connectivity index (χ0) is 24.9. The summed E-state index contributed by atoms with van der Waals surface area (Å²) in [6.45, 7) is 6.49. The van der Waals surface area contributed by atoms with Gasteiger partial charge in [-0.2, -0.15) is 5.10 Å². The van der Waals surface area contributed by atoms with Crippen molar-refractivity contribution in [2.45, 2.75) is 46.1 Å². The van der Waals surface area contributed by atoms with Crippen LogP contribution >= 0.6 is 0 Å². The molecule has 3 unspecified atom stereocenters. The SMILES string of the molecule is CC1CCC(C(C)C)C(OC(=O)C(=NNC(=O)c2cc3ccccc3cc2O)c2ccccc2)C1. The summed E-state index contributed by atoms with van der Waals surface area (Å²) in [7, 11) is 0. The van der Waals surface area contributed by atoms with Crippen molar-refractivity contribution in [2.24, 2.45) is 22.9 Å². The van der Waals surface area contributed by atoms with E-state index in [0.717, 1.165) is 30.0 Å². The van der Waals surface area contributed by atoms with Crippen molar-refractivity contribution in [3.8, 4) is 5.75 Å². The van der Waals surface area contributed by atoms with E-state index >= 15 is 0 Å². The molecule has 0 radical (unpaired) electrons. The number of ether oxygens (including phenoxy) is 1. The molecule has 1 aliphatic rings. The van der Waals surface area contributed by atoms with Crippen LogP contribution in [-0.4, -0.2) is 28.8 Å². The van der Waals surface area contributed by atoms with Gasteiger partial charge in [0.05, 0.1) is 5.56 Å². The predicted octanol–water partition coefficient (Wildman–Crippen LogP) is 5.68. The molecule has 0 heterocycles. The Labute approximate surface area is 206 Å². The van der Waals surface area contributed by atoms with Crippen molar-refractivity contribution in [3.05, 3.63) is 77.9 Å². The first-order valence-corrected chi connectivity index (χ1v) is 12.2. The van der Waals surface area contributed by atoms with E-state index in [-0.39, 0.29) is 29.0 Å². The van der Waals surface area contributed by atoms with Crippen LogP contribution in [0, 0.1) is 17.8 Å². The van der Waals surface area contributed by atoms with E-state index < -0.39 is 11.9 Å². The van der Waals surface area contributed by atoms with Crippen molar-refractivity contribution in [3.63, 3.8) is 0 Å². The van der Waals surface area contributed by atoms with Crippen LogP contribution < -0.4 is 5.43 Å². The molecule has 1 fully saturated rings. The van der Waals surface area contributed by atoms with Gasteiger partial charge in [0, 0.05) is 5.56 Å². The Balaban J connectivity index is 1.59. The summed E-state index contributed by atoms with van der Waals surface area (Å²) in [4.78, 5) is 26.2. The molecule has 3 aromatic rings. The minimum Gasteiger partial charge on any atom is -0.507 e. The number of rotatable bonds is 6. The number of amides is 1.